The zero-order chi connectivity index (χ0) is 12.1. The van der Waals surface area contributed by atoms with Crippen molar-refractivity contribution in [2.45, 2.75) is 32.6 Å². The molecule has 5 nitrogen and oxygen atoms in total. The van der Waals surface area contributed by atoms with Crippen molar-refractivity contribution in [1.29, 1.82) is 0 Å². The van der Waals surface area contributed by atoms with Gasteiger partial charge in [0.05, 0.1) is 12.5 Å². The summed E-state index contributed by atoms with van der Waals surface area (Å²) in [6.07, 6.45) is 4.07. The van der Waals surface area contributed by atoms with Gasteiger partial charge in [-0.2, -0.15) is 5.10 Å². The monoisotopic (exact) mass is 237 g/mol. The molecule has 0 aliphatic carbocycles. The van der Waals surface area contributed by atoms with Gasteiger partial charge in [-0.1, -0.05) is 13.3 Å². The second-order valence-corrected chi connectivity index (χ2v) is 4.43. The number of ether oxygens (including phenoxy) is 1. The fraction of sp³-hybridized carbons (Fsp3) is 0.667. The van der Waals surface area contributed by atoms with Gasteiger partial charge in [0.1, 0.15) is 0 Å². The maximum absolute atomic E-state index is 11.8. The minimum Gasteiger partial charge on any atom is -0.381 e. The van der Waals surface area contributed by atoms with Crippen LogP contribution in [0.1, 0.15) is 31.9 Å². The summed E-state index contributed by atoms with van der Waals surface area (Å²) in [5.74, 6) is 0.606. The predicted octanol–water partition coefficient (Wildman–Crippen LogP) is 1.73. The third kappa shape index (κ3) is 3.30. The van der Waals surface area contributed by atoms with Crippen LogP contribution in [-0.2, 0) is 16.0 Å². The molecular weight excluding hydrogens is 218 g/mol. The van der Waals surface area contributed by atoms with Crippen molar-refractivity contribution in [2.24, 2.45) is 5.92 Å². The molecule has 17 heavy (non-hydrogen) atoms. The van der Waals surface area contributed by atoms with Gasteiger partial charge in [0.15, 0.2) is 5.82 Å². The number of aromatic amines is 1. The van der Waals surface area contributed by atoms with Gasteiger partial charge < -0.3 is 10.1 Å². The van der Waals surface area contributed by atoms with Crippen molar-refractivity contribution in [2.75, 3.05) is 18.5 Å². The highest BCUT2D eigenvalue weighted by Crippen LogP contribution is 2.15. The number of aryl methyl sites for hydroxylation is 1. The summed E-state index contributed by atoms with van der Waals surface area (Å²) in [6.45, 7) is 3.36. The molecule has 1 fully saturated rings. The lowest BCUT2D eigenvalue weighted by Crippen LogP contribution is -2.22. The fourth-order valence-electron chi connectivity index (χ4n) is 1.89. The molecular formula is C12H19N3O2. The normalized spacial score (nSPS) is 19.5. The number of nitrogens with zero attached hydrogens (tertiary/aromatic N) is 1. The number of unbranched alkanes of at least 4 members (excludes halogenated alkanes) is 1. The summed E-state index contributed by atoms with van der Waals surface area (Å²) in [4.78, 5) is 11.8. The second kappa shape index (κ2) is 5.82. The molecule has 0 radical (unpaired) electrons. The van der Waals surface area contributed by atoms with Crippen molar-refractivity contribution >= 4 is 11.7 Å². The summed E-state index contributed by atoms with van der Waals surface area (Å²) in [7, 11) is 0. The maximum Gasteiger partial charge on any atom is 0.231 e. The largest absolute Gasteiger partial charge is 0.381 e. The van der Waals surface area contributed by atoms with Gasteiger partial charge in [-0.25, -0.2) is 0 Å². The Morgan fingerprint density at radius 2 is 2.59 bits per heavy atom. The van der Waals surface area contributed by atoms with Crippen molar-refractivity contribution < 1.29 is 9.53 Å². The van der Waals surface area contributed by atoms with Crippen LogP contribution in [-0.4, -0.2) is 29.3 Å². The molecule has 1 atom stereocenters. The molecule has 1 unspecified atom stereocenters. The van der Waals surface area contributed by atoms with Gasteiger partial charge in [0, 0.05) is 18.4 Å². The lowest BCUT2D eigenvalue weighted by atomic mass is 10.1. The number of nitrogens with one attached hydrogen (secondary N) is 2. The highest BCUT2D eigenvalue weighted by atomic mass is 16.5. The van der Waals surface area contributed by atoms with Crippen LogP contribution in [0.4, 0.5) is 5.82 Å². The van der Waals surface area contributed by atoms with E-state index in [-0.39, 0.29) is 11.8 Å². The standard InChI is InChI=1S/C12H19N3O2/c1-2-3-4-10-7-11(15-14-10)13-12(16)9-5-6-17-8-9/h7,9H,2-6,8H2,1H3,(H2,13,14,15,16). The Hall–Kier alpha value is -1.36. The van der Waals surface area contributed by atoms with Crippen LogP contribution in [0.5, 0.6) is 0 Å². The van der Waals surface area contributed by atoms with Gasteiger partial charge in [0.2, 0.25) is 5.91 Å². The van der Waals surface area contributed by atoms with Gasteiger partial charge in [-0.15, -0.1) is 0 Å². The number of carbonyl (C=O) groups excluding carboxylic acids is 1. The molecule has 1 aromatic rings. The summed E-state index contributed by atoms with van der Waals surface area (Å²) in [5, 5.41) is 9.84. The zero-order valence-corrected chi connectivity index (χ0v) is 10.2. The first-order valence-electron chi connectivity index (χ1n) is 6.22. The summed E-state index contributed by atoms with van der Waals surface area (Å²) in [6, 6.07) is 1.91. The average Bonchev–Trinajstić information content (AvgIpc) is 2.97. The molecule has 1 amide bonds. The Balaban J connectivity index is 1.85. The zero-order valence-electron chi connectivity index (χ0n) is 10.2. The molecule has 0 bridgehead atoms. The molecule has 1 aromatic heterocycles. The second-order valence-electron chi connectivity index (χ2n) is 4.43. The van der Waals surface area contributed by atoms with E-state index >= 15 is 0 Å². The van der Waals surface area contributed by atoms with E-state index in [9.17, 15) is 4.79 Å². The van der Waals surface area contributed by atoms with Crippen LogP contribution in [0.2, 0.25) is 0 Å². The van der Waals surface area contributed by atoms with E-state index in [2.05, 4.69) is 22.4 Å². The van der Waals surface area contributed by atoms with Crippen LogP contribution in [0.25, 0.3) is 0 Å². The molecule has 94 valence electrons. The molecule has 1 saturated heterocycles. The van der Waals surface area contributed by atoms with Crippen LogP contribution < -0.4 is 5.32 Å². The molecule has 2 rings (SSSR count). The number of hydrogen-bond acceptors (Lipinski definition) is 3. The molecule has 0 aromatic carbocycles. The number of carbonyl (C=O) groups is 1. The smallest absolute Gasteiger partial charge is 0.231 e. The molecule has 0 saturated carbocycles. The third-order valence-electron chi connectivity index (χ3n) is 2.98. The van der Waals surface area contributed by atoms with Gasteiger partial charge in [0.25, 0.3) is 0 Å². The van der Waals surface area contributed by atoms with Gasteiger partial charge >= 0.3 is 0 Å². The fourth-order valence-corrected chi connectivity index (χ4v) is 1.89. The SMILES string of the molecule is CCCCc1cc(NC(=O)C2CCOC2)n[nH]1. The third-order valence-corrected chi connectivity index (χ3v) is 2.98. The predicted molar refractivity (Wildman–Crippen MR) is 64.8 cm³/mol. The number of H-pyrrole nitrogens is 1. The minimum atomic E-state index is -0.0224. The van der Waals surface area contributed by atoms with E-state index in [0.29, 0.717) is 19.0 Å². The van der Waals surface area contributed by atoms with E-state index in [1.807, 2.05) is 6.07 Å². The lowest BCUT2D eigenvalue weighted by molar-refractivity contribution is -0.119. The lowest BCUT2D eigenvalue weighted by Gasteiger charge is -2.05. The van der Waals surface area contributed by atoms with E-state index in [4.69, 9.17) is 4.74 Å². The van der Waals surface area contributed by atoms with Crippen molar-refractivity contribution in [3.05, 3.63) is 11.8 Å². The van der Waals surface area contributed by atoms with E-state index < -0.39 is 0 Å². The Kier molecular flexibility index (Phi) is 4.14. The van der Waals surface area contributed by atoms with Gasteiger partial charge in [-0.3, -0.25) is 9.89 Å². The summed E-state index contributed by atoms with van der Waals surface area (Å²) >= 11 is 0. The van der Waals surface area contributed by atoms with Gasteiger partial charge in [-0.05, 0) is 19.3 Å². The molecule has 2 N–H and O–H groups in total. The first-order chi connectivity index (χ1) is 8.29. The number of amides is 1. The molecule has 1 aliphatic rings. The Labute approximate surface area is 101 Å². The van der Waals surface area contributed by atoms with Crippen LogP contribution in [0, 0.1) is 5.92 Å². The number of hydrogen-bond donors (Lipinski definition) is 2. The van der Waals surface area contributed by atoms with E-state index in [1.165, 1.54) is 0 Å². The topological polar surface area (TPSA) is 67.0 Å². The Morgan fingerprint density at radius 1 is 1.71 bits per heavy atom. The summed E-state index contributed by atoms with van der Waals surface area (Å²) in [5.41, 5.74) is 1.07. The number of anilines is 1. The summed E-state index contributed by atoms with van der Waals surface area (Å²) < 4.78 is 5.19. The van der Waals surface area contributed by atoms with Crippen LogP contribution in [0.3, 0.4) is 0 Å². The molecule has 0 spiro atoms. The average molecular weight is 237 g/mol. The van der Waals surface area contributed by atoms with Crippen molar-refractivity contribution in [1.82, 2.24) is 10.2 Å². The van der Waals surface area contributed by atoms with E-state index in [1.54, 1.807) is 0 Å². The highest BCUT2D eigenvalue weighted by Gasteiger charge is 2.23. The minimum absolute atomic E-state index is 0.0102. The Bertz CT molecular complexity index is 370. The highest BCUT2D eigenvalue weighted by molar-refractivity contribution is 5.91. The maximum atomic E-state index is 11.8. The number of rotatable bonds is 5. The van der Waals surface area contributed by atoms with E-state index in [0.717, 1.165) is 31.4 Å². The van der Waals surface area contributed by atoms with Crippen molar-refractivity contribution in [3.8, 4) is 0 Å². The Morgan fingerprint density at radius 3 is 3.29 bits per heavy atom. The molecule has 2 heterocycles. The van der Waals surface area contributed by atoms with Crippen molar-refractivity contribution in [3.63, 3.8) is 0 Å². The quantitative estimate of drug-likeness (QED) is 0.819. The first-order valence-corrected chi connectivity index (χ1v) is 6.22. The van der Waals surface area contributed by atoms with Crippen LogP contribution in [0.15, 0.2) is 6.07 Å². The van der Waals surface area contributed by atoms with Crippen LogP contribution >= 0.6 is 0 Å². The first kappa shape index (κ1) is 12.1. The molecule has 1 aliphatic heterocycles. The molecule has 5 heteroatoms. The number of aromatic nitrogens is 2.